The fourth-order valence-corrected chi connectivity index (χ4v) is 5.01. The molecule has 1 N–H and O–H groups in total. The van der Waals surface area contributed by atoms with E-state index < -0.39 is 17.7 Å². The van der Waals surface area contributed by atoms with E-state index in [9.17, 15) is 14.7 Å². The molecule has 1 atom stereocenters. The van der Waals surface area contributed by atoms with Crippen LogP contribution in [0, 0.1) is 0 Å². The maximum Gasteiger partial charge on any atom is 0.295 e. The summed E-state index contributed by atoms with van der Waals surface area (Å²) in [6.45, 7) is 7.58. The minimum atomic E-state index is -0.714. The van der Waals surface area contributed by atoms with E-state index in [1.165, 1.54) is 0 Å². The van der Waals surface area contributed by atoms with Gasteiger partial charge in [0.05, 0.1) is 31.4 Å². The quantitative estimate of drug-likeness (QED) is 0.330. The van der Waals surface area contributed by atoms with Crippen LogP contribution >= 0.6 is 0 Å². The summed E-state index contributed by atoms with van der Waals surface area (Å²) >= 11 is 0. The Bertz CT molecular complexity index is 1170. The van der Waals surface area contributed by atoms with Crippen molar-refractivity contribution < 1.29 is 33.6 Å². The molecule has 0 radical (unpaired) electrons. The van der Waals surface area contributed by atoms with Gasteiger partial charge in [-0.15, -0.1) is 0 Å². The summed E-state index contributed by atoms with van der Waals surface area (Å²) in [7, 11) is 0. The van der Waals surface area contributed by atoms with Crippen molar-refractivity contribution >= 4 is 17.4 Å². The van der Waals surface area contributed by atoms with Gasteiger partial charge >= 0.3 is 0 Å². The summed E-state index contributed by atoms with van der Waals surface area (Å²) in [5, 5.41) is 11.4. The number of amides is 1. The van der Waals surface area contributed by atoms with Crippen LogP contribution in [0.2, 0.25) is 0 Å². The molecule has 9 heteroatoms. The average molecular weight is 509 g/mol. The fraction of sp³-hybridized carbons (Fsp3) is 0.429. The molecule has 0 saturated carbocycles. The number of carbonyl (C=O) groups excluding carboxylic acids is 2. The number of fused-ring (bicyclic) bond motifs is 1. The van der Waals surface area contributed by atoms with Crippen molar-refractivity contribution in [2.45, 2.75) is 19.4 Å². The highest BCUT2D eigenvalue weighted by molar-refractivity contribution is 6.46. The molecule has 0 aliphatic carbocycles. The second kappa shape index (κ2) is 11.2. The van der Waals surface area contributed by atoms with Crippen LogP contribution in [-0.4, -0.2) is 85.8 Å². The van der Waals surface area contributed by atoms with Gasteiger partial charge in [-0.3, -0.25) is 14.5 Å². The molecule has 3 aliphatic heterocycles. The summed E-state index contributed by atoms with van der Waals surface area (Å²) in [5.74, 6) is 0.229. The molecule has 5 rings (SSSR count). The van der Waals surface area contributed by atoms with Crippen molar-refractivity contribution in [2.75, 3.05) is 59.2 Å². The van der Waals surface area contributed by atoms with Crippen LogP contribution in [-0.2, 0) is 14.3 Å². The predicted molar refractivity (Wildman–Crippen MR) is 136 cm³/mol. The molecule has 2 fully saturated rings. The molecule has 196 valence electrons. The van der Waals surface area contributed by atoms with Gasteiger partial charge in [-0.25, -0.2) is 0 Å². The van der Waals surface area contributed by atoms with E-state index in [-0.39, 0.29) is 11.3 Å². The van der Waals surface area contributed by atoms with Crippen molar-refractivity contribution in [1.29, 1.82) is 0 Å². The number of nitrogens with zero attached hydrogens (tertiary/aromatic N) is 2. The number of hydrogen-bond acceptors (Lipinski definition) is 8. The lowest BCUT2D eigenvalue weighted by Gasteiger charge is -2.29. The maximum atomic E-state index is 13.3. The summed E-state index contributed by atoms with van der Waals surface area (Å²) in [4.78, 5) is 30.4. The monoisotopic (exact) mass is 508 g/mol. The number of morpholine rings is 1. The van der Waals surface area contributed by atoms with E-state index in [4.69, 9.17) is 18.9 Å². The van der Waals surface area contributed by atoms with Crippen molar-refractivity contribution in [3.05, 3.63) is 59.2 Å². The van der Waals surface area contributed by atoms with Crippen molar-refractivity contribution in [3.8, 4) is 17.2 Å². The lowest BCUT2D eigenvalue weighted by atomic mass is 9.95. The lowest BCUT2D eigenvalue weighted by Crippen LogP contribution is -2.38. The Labute approximate surface area is 216 Å². The number of hydrogen-bond donors (Lipinski definition) is 1. The van der Waals surface area contributed by atoms with Gasteiger partial charge in [-0.1, -0.05) is 12.1 Å². The molecule has 2 aromatic carbocycles. The largest absolute Gasteiger partial charge is 0.507 e. The standard InChI is InChI=1S/C28H32N2O7/c1-2-35-21-7-4-19(5-8-21)25-24(26(31)20-6-9-22-23(18-20)37-17-16-36-22)27(32)28(33)30(25)11-3-10-29-12-14-34-15-13-29/h4-9,18,25,31H,2-3,10-17H2,1H3/b26-24+/t25-/m0/s1. The number of aliphatic hydroxyl groups is 1. The van der Waals surface area contributed by atoms with Crippen LogP contribution in [0.4, 0.5) is 0 Å². The normalized spacial score (nSPS) is 21.3. The third-order valence-electron chi connectivity index (χ3n) is 6.84. The molecule has 9 nitrogen and oxygen atoms in total. The number of ether oxygens (including phenoxy) is 4. The van der Waals surface area contributed by atoms with Crippen LogP contribution in [0.3, 0.4) is 0 Å². The molecule has 0 unspecified atom stereocenters. The van der Waals surface area contributed by atoms with E-state index in [0.29, 0.717) is 68.8 Å². The number of carbonyl (C=O) groups is 2. The Morgan fingerprint density at radius 1 is 0.973 bits per heavy atom. The first-order valence-electron chi connectivity index (χ1n) is 12.8. The number of Topliss-reactive ketones (excluding diaryl/α,β-unsaturated/α-hetero) is 1. The summed E-state index contributed by atoms with van der Waals surface area (Å²) in [5.41, 5.74) is 1.19. The Balaban J connectivity index is 1.48. The molecule has 1 amide bonds. The van der Waals surface area contributed by atoms with E-state index in [1.807, 2.05) is 31.2 Å². The van der Waals surface area contributed by atoms with Gasteiger partial charge in [0.15, 0.2) is 11.5 Å². The SMILES string of the molecule is CCOc1ccc([C@H]2/C(=C(\O)c3ccc4c(c3)OCCO4)C(=O)C(=O)N2CCCN2CCOCC2)cc1. The maximum absolute atomic E-state index is 13.3. The Kier molecular flexibility index (Phi) is 7.62. The zero-order chi connectivity index (χ0) is 25.8. The van der Waals surface area contributed by atoms with Gasteiger partial charge in [0.2, 0.25) is 0 Å². The van der Waals surface area contributed by atoms with Crippen LogP contribution in [0.1, 0.15) is 30.5 Å². The van der Waals surface area contributed by atoms with Crippen molar-refractivity contribution in [2.24, 2.45) is 0 Å². The average Bonchev–Trinajstić information content (AvgIpc) is 3.18. The van der Waals surface area contributed by atoms with Gasteiger partial charge in [-0.2, -0.15) is 0 Å². The minimum Gasteiger partial charge on any atom is -0.507 e. The second-order valence-electron chi connectivity index (χ2n) is 9.16. The molecule has 0 bridgehead atoms. The molecule has 0 spiro atoms. The highest BCUT2D eigenvalue weighted by atomic mass is 16.6. The van der Waals surface area contributed by atoms with E-state index in [1.54, 1.807) is 23.1 Å². The molecule has 3 heterocycles. The van der Waals surface area contributed by atoms with Gasteiger partial charge in [0.1, 0.15) is 24.7 Å². The van der Waals surface area contributed by atoms with Crippen LogP contribution in [0.5, 0.6) is 17.2 Å². The van der Waals surface area contributed by atoms with Crippen molar-refractivity contribution in [1.82, 2.24) is 9.80 Å². The number of aliphatic hydroxyl groups excluding tert-OH is 1. The Morgan fingerprint density at radius 3 is 2.43 bits per heavy atom. The number of benzene rings is 2. The van der Waals surface area contributed by atoms with Crippen LogP contribution in [0.15, 0.2) is 48.0 Å². The highest BCUT2D eigenvalue weighted by Crippen LogP contribution is 2.41. The number of rotatable bonds is 8. The Hall–Kier alpha value is -3.56. The molecule has 37 heavy (non-hydrogen) atoms. The van der Waals surface area contributed by atoms with E-state index >= 15 is 0 Å². The predicted octanol–water partition coefficient (Wildman–Crippen LogP) is 3.00. The summed E-state index contributed by atoms with van der Waals surface area (Å²) in [6.07, 6.45) is 0.699. The number of ketones is 1. The topological polar surface area (TPSA) is 97.8 Å². The first-order chi connectivity index (χ1) is 18.1. The molecule has 2 aromatic rings. The summed E-state index contributed by atoms with van der Waals surface area (Å²) < 4.78 is 22.2. The smallest absolute Gasteiger partial charge is 0.295 e. The van der Waals surface area contributed by atoms with Gasteiger partial charge in [-0.05, 0) is 49.2 Å². The fourth-order valence-electron chi connectivity index (χ4n) is 5.01. The second-order valence-corrected chi connectivity index (χ2v) is 9.16. The van der Waals surface area contributed by atoms with E-state index in [2.05, 4.69) is 4.90 Å². The van der Waals surface area contributed by atoms with Crippen LogP contribution < -0.4 is 14.2 Å². The molecular formula is C28H32N2O7. The third kappa shape index (κ3) is 5.28. The first kappa shape index (κ1) is 25.1. The molecule has 0 aromatic heterocycles. The molecular weight excluding hydrogens is 476 g/mol. The first-order valence-corrected chi connectivity index (χ1v) is 12.8. The summed E-state index contributed by atoms with van der Waals surface area (Å²) in [6, 6.07) is 11.6. The minimum absolute atomic E-state index is 0.0669. The zero-order valence-corrected chi connectivity index (χ0v) is 21.0. The lowest BCUT2D eigenvalue weighted by molar-refractivity contribution is -0.140. The third-order valence-corrected chi connectivity index (χ3v) is 6.84. The molecule has 3 aliphatic rings. The van der Waals surface area contributed by atoms with Gasteiger partial charge in [0, 0.05) is 31.7 Å². The Morgan fingerprint density at radius 2 is 1.70 bits per heavy atom. The molecule has 2 saturated heterocycles. The highest BCUT2D eigenvalue weighted by Gasteiger charge is 2.46. The van der Waals surface area contributed by atoms with E-state index in [0.717, 1.165) is 25.2 Å². The van der Waals surface area contributed by atoms with Gasteiger partial charge in [0.25, 0.3) is 11.7 Å². The van der Waals surface area contributed by atoms with Crippen molar-refractivity contribution in [3.63, 3.8) is 0 Å². The van der Waals surface area contributed by atoms with Gasteiger partial charge < -0.3 is 29.0 Å². The number of likely N-dealkylation sites (tertiary alicyclic amines) is 1. The zero-order valence-electron chi connectivity index (χ0n) is 21.0. The van der Waals surface area contributed by atoms with Crippen LogP contribution in [0.25, 0.3) is 5.76 Å².